The van der Waals surface area contributed by atoms with Crippen LogP contribution < -0.4 is 5.32 Å². The Labute approximate surface area is 186 Å². The van der Waals surface area contributed by atoms with E-state index in [1.165, 1.54) is 24.3 Å². The van der Waals surface area contributed by atoms with Gasteiger partial charge in [-0.3, -0.25) is 4.21 Å². The Balaban J connectivity index is 1.89. The van der Waals surface area contributed by atoms with Crippen LogP contribution >= 0.6 is 0 Å². The van der Waals surface area contributed by atoms with Crippen molar-refractivity contribution in [1.82, 2.24) is 5.32 Å². The quantitative estimate of drug-likeness (QED) is 0.491. The summed E-state index contributed by atoms with van der Waals surface area (Å²) in [5.74, 6) is 0. The second kappa shape index (κ2) is 10.5. The number of halogens is 3. The third-order valence-electron chi connectivity index (χ3n) is 4.75. The largest absolute Gasteiger partial charge is 0.445 e. The van der Waals surface area contributed by atoms with E-state index in [9.17, 15) is 22.2 Å². The number of amides is 1. The summed E-state index contributed by atoms with van der Waals surface area (Å²) in [4.78, 5) is 12.5. The van der Waals surface area contributed by atoms with Gasteiger partial charge in [-0.05, 0) is 30.2 Å². The minimum atomic E-state index is -4.87. The van der Waals surface area contributed by atoms with Gasteiger partial charge >= 0.3 is 12.3 Å². The summed E-state index contributed by atoms with van der Waals surface area (Å²) in [7, 11) is -2.10. The molecule has 3 aromatic rings. The van der Waals surface area contributed by atoms with E-state index >= 15 is 0 Å². The molecule has 0 aliphatic heterocycles. The summed E-state index contributed by atoms with van der Waals surface area (Å²) >= 11 is 0. The number of hydrogen-bond acceptors (Lipinski definition) is 3. The van der Waals surface area contributed by atoms with Crippen LogP contribution in [0.15, 0.2) is 89.8 Å². The summed E-state index contributed by atoms with van der Waals surface area (Å²) in [6.45, 7) is 1.64. The van der Waals surface area contributed by atoms with E-state index in [2.05, 4.69) is 0 Å². The van der Waals surface area contributed by atoms with Crippen LogP contribution in [0.1, 0.15) is 21.9 Å². The van der Waals surface area contributed by atoms with E-state index in [1.807, 2.05) is 12.2 Å². The van der Waals surface area contributed by atoms with E-state index in [0.717, 1.165) is 5.56 Å². The molecule has 0 radical (unpaired) electrons. The molecule has 0 aliphatic carbocycles. The van der Waals surface area contributed by atoms with E-state index in [0.29, 0.717) is 5.56 Å². The fraction of sp³-hybridized carbons (Fsp3) is 0.208. The van der Waals surface area contributed by atoms with Crippen molar-refractivity contribution < 1.29 is 26.9 Å². The Morgan fingerprint density at radius 1 is 0.938 bits per heavy atom. The van der Waals surface area contributed by atoms with Crippen LogP contribution in [-0.4, -0.2) is 22.5 Å². The number of aryl methyl sites for hydroxylation is 1. The molecular formula is C24H22F3NO3S. The standard InChI is InChI=1S/C24H22F3NO3S/c1-17-12-14-20(15-13-17)32(30)21(19-10-6-3-7-11-19)22(24(25,26)27)28-23(29)31-16-18-8-4-2-5-9-18/h2-15,21-22H,16H2,1H3,(H,28,29)/t21-,22+,32?/m0/s1. The fourth-order valence-electron chi connectivity index (χ4n) is 3.12. The monoisotopic (exact) mass is 461 g/mol. The maximum Gasteiger partial charge on any atom is 0.410 e. The molecule has 0 heterocycles. The summed E-state index contributed by atoms with van der Waals surface area (Å²) in [5, 5.41) is 0.342. The first-order valence-corrected chi connectivity index (χ1v) is 11.0. The number of benzene rings is 3. The topological polar surface area (TPSA) is 55.4 Å². The van der Waals surface area contributed by atoms with Crippen LogP contribution in [0.2, 0.25) is 0 Å². The molecule has 0 aliphatic rings. The maximum absolute atomic E-state index is 14.1. The molecule has 168 valence electrons. The second-order valence-corrected chi connectivity index (χ2v) is 8.74. The number of nitrogens with one attached hydrogen (secondary N) is 1. The van der Waals surface area contributed by atoms with Gasteiger partial charge in [0.15, 0.2) is 0 Å². The zero-order chi connectivity index (χ0) is 23.1. The Kier molecular flexibility index (Phi) is 7.69. The maximum atomic E-state index is 14.1. The first-order chi connectivity index (χ1) is 15.3. The molecule has 1 amide bonds. The highest BCUT2D eigenvalue weighted by atomic mass is 32.2. The lowest BCUT2D eigenvalue weighted by atomic mass is 10.0. The molecule has 3 atom stereocenters. The Morgan fingerprint density at radius 3 is 2.06 bits per heavy atom. The predicted octanol–water partition coefficient (Wildman–Crippen LogP) is 5.70. The number of alkyl carbamates (subject to hydrolysis) is 1. The molecule has 0 fully saturated rings. The minimum Gasteiger partial charge on any atom is -0.445 e. The lowest BCUT2D eigenvalue weighted by Gasteiger charge is -2.29. The number of carbonyl (C=O) groups excluding carboxylic acids is 1. The van der Waals surface area contributed by atoms with Gasteiger partial charge in [-0.1, -0.05) is 78.4 Å². The number of ether oxygens (including phenoxy) is 1. The molecule has 0 spiro atoms. The third-order valence-corrected chi connectivity index (χ3v) is 6.50. The summed E-state index contributed by atoms with van der Waals surface area (Å²) in [5.41, 5.74) is 1.71. The van der Waals surface area contributed by atoms with Crippen molar-refractivity contribution in [2.45, 2.75) is 35.9 Å². The zero-order valence-electron chi connectivity index (χ0n) is 17.2. The van der Waals surface area contributed by atoms with Crippen molar-refractivity contribution >= 4 is 16.9 Å². The SMILES string of the molecule is Cc1ccc(S(=O)[C@@H](c2ccccc2)[C@@H](NC(=O)OCc2ccccc2)C(F)(F)F)cc1. The van der Waals surface area contributed by atoms with E-state index in [1.54, 1.807) is 60.7 Å². The molecule has 1 N–H and O–H groups in total. The van der Waals surface area contributed by atoms with Gasteiger partial charge in [-0.15, -0.1) is 0 Å². The first kappa shape index (κ1) is 23.5. The summed E-state index contributed by atoms with van der Waals surface area (Å²) in [6.07, 6.45) is -6.11. The molecule has 3 aromatic carbocycles. The highest BCUT2D eigenvalue weighted by Crippen LogP contribution is 2.37. The van der Waals surface area contributed by atoms with Gasteiger partial charge in [0.05, 0.1) is 16.0 Å². The molecule has 3 rings (SSSR count). The Hall–Kier alpha value is -3.13. The van der Waals surface area contributed by atoms with Gasteiger partial charge in [0.25, 0.3) is 0 Å². The molecule has 0 saturated heterocycles. The third kappa shape index (κ3) is 6.20. The average Bonchev–Trinajstić information content (AvgIpc) is 2.78. The Bertz CT molecular complexity index is 1040. The van der Waals surface area contributed by atoms with Gasteiger partial charge in [0.2, 0.25) is 0 Å². The summed E-state index contributed by atoms with van der Waals surface area (Å²) < 4.78 is 60.7. The average molecular weight is 462 g/mol. The lowest BCUT2D eigenvalue weighted by Crippen LogP contribution is -2.50. The van der Waals surface area contributed by atoms with Crippen LogP contribution in [0.4, 0.5) is 18.0 Å². The first-order valence-electron chi connectivity index (χ1n) is 9.82. The highest BCUT2D eigenvalue weighted by molar-refractivity contribution is 7.85. The molecule has 1 unspecified atom stereocenters. The normalized spacial score (nSPS) is 14.2. The number of alkyl halides is 3. The summed E-state index contributed by atoms with van der Waals surface area (Å²) in [6, 6.07) is 20.3. The van der Waals surface area contributed by atoms with Gasteiger partial charge in [0, 0.05) is 4.90 Å². The van der Waals surface area contributed by atoms with Gasteiger partial charge in [-0.25, -0.2) is 4.79 Å². The molecular weight excluding hydrogens is 439 g/mol. The number of rotatable bonds is 7. The molecule has 0 saturated carbocycles. The number of hydrogen-bond donors (Lipinski definition) is 1. The molecule has 32 heavy (non-hydrogen) atoms. The van der Waals surface area contributed by atoms with Crippen molar-refractivity contribution in [3.8, 4) is 0 Å². The van der Waals surface area contributed by atoms with Gasteiger partial charge < -0.3 is 10.1 Å². The van der Waals surface area contributed by atoms with Crippen LogP contribution in [-0.2, 0) is 22.1 Å². The van der Waals surface area contributed by atoms with Crippen LogP contribution in [0.5, 0.6) is 0 Å². The van der Waals surface area contributed by atoms with Crippen LogP contribution in [0.25, 0.3) is 0 Å². The second-order valence-electron chi connectivity index (χ2n) is 7.17. The van der Waals surface area contributed by atoms with E-state index in [4.69, 9.17) is 4.74 Å². The molecule has 0 aromatic heterocycles. The van der Waals surface area contributed by atoms with Crippen molar-refractivity contribution in [3.05, 3.63) is 102 Å². The van der Waals surface area contributed by atoms with Gasteiger partial charge in [0.1, 0.15) is 12.6 Å². The van der Waals surface area contributed by atoms with Crippen LogP contribution in [0, 0.1) is 6.92 Å². The Morgan fingerprint density at radius 2 is 1.50 bits per heavy atom. The van der Waals surface area contributed by atoms with Crippen LogP contribution in [0.3, 0.4) is 0 Å². The fourth-order valence-corrected chi connectivity index (χ4v) is 4.69. The van der Waals surface area contributed by atoms with E-state index < -0.39 is 34.4 Å². The van der Waals surface area contributed by atoms with Crippen molar-refractivity contribution in [3.63, 3.8) is 0 Å². The van der Waals surface area contributed by atoms with Crippen molar-refractivity contribution in [2.75, 3.05) is 0 Å². The number of carbonyl (C=O) groups is 1. The van der Waals surface area contributed by atoms with E-state index in [-0.39, 0.29) is 17.1 Å². The predicted molar refractivity (Wildman–Crippen MR) is 116 cm³/mol. The molecule has 8 heteroatoms. The molecule has 4 nitrogen and oxygen atoms in total. The van der Waals surface area contributed by atoms with Crippen molar-refractivity contribution in [2.24, 2.45) is 0 Å². The smallest absolute Gasteiger partial charge is 0.410 e. The van der Waals surface area contributed by atoms with Crippen molar-refractivity contribution in [1.29, 1.82) is 0 Å². The lowest BCUT2D eigenvalue weighted by molar-refractivity contribution is -0.154. The zero-order valence-corrected chi connectivity index (χ0v) is 18.0. The molecule has 0 bridgehead atoms. The minimum absolute atomic E-state index is 0.186. The highest BCUT2D eigenvalue weighted by Gasteiger charge is 2.49. The van der Waals surface area contributed by atoms with Gasteiger partial charge in [-0.2, -0.15) is 13.2 Å².